The summed E-state index contributed by atoms with van der Waals surface area (Å²) in [5.74, 6) is 0.335. The van der Waals surface area contributed by atoms with Gasteiger partial charge in [0.2, 0.25) is 5.91 Å². The van der Waals surface area contributed by atoms with Gasteiger partial charge in [0.1, 0.15) is 6.29 Å². The molecular formula is C20H27NO2. The number of aryl methyl sites for hydroxylation is 1. The van der Waals surface area contributed by atoms with Gasteiger partial charge < -0.3 is 9.69 Å². The molecule has 1 fully saturated rings. The first-order valence-corrected chi connectivity index (χ1v) is 8.55. The summed E-state index contributed by atoms with van der Waals surface area (Å²) in [5, 5.41) is 0. The lowest BCUT2D eigenvalue weighted by atomic mass is 9.74. The number of rotatable bonds is 3. The smallest absolute Gasteiger partial charge is 0.228 e. The Morgan fingerprint density at radius 1 is 1.22 bits per heavy atom. The fourth-order valence-electron chi connectivity index (χ4n) is 4.21. The van der Waals surface area contributed by atoms with Crippen LogP contribution >= 0.6 is 0 Å². The van der Waals surface area contributed by atoms with Gasteiger partial charge in [0.05, 0.1) is 0 Å². The molecule has 1 aliphatic heterocycles. The highest BCUT2D eigenvalue weighted by molar-refractivity contribution is 5.98. The lowest BCUT2D eigenvalue weighted by molar-refractivity contribution is -0.120. The first-order valence-electron chi connectivity index (χ1n) is 8.55. The number of hydrogen-bond acceptors (Lipinski definition) is 2. The highest BCUT2D eigenvalue weighted by Crippen LogP contribution is 2.55. The summed E-state index contributed by atoms with van der Waals surface area (Å²) < 4.78 is 0. The van der Waals surface area contributed by atoms with E-state index in [0.717, 1.165) is 18.4 Å². The van der Waals surface area contributed by atoms with Crippen molar-refractivity contribution < 1.29 is 9.59 Å². The molecule has 2 aliphatic rings. The Kier molecular flexibility index (Phi) is 3.48. The van der Waals surface area contributed by atoms with Crippen LogP contribution in [-0.4, -0.2) is 18.2 Å². The second-order valence-electron chi connectivity index (χ2n) is 8.47. The minimum Gasteiger partial charge on any atom is -0.310 e. The Labute approximate surface area is 139 Å². The molecule has 1 amide bonds. The zero-order chi connectivity index (χ0) is 17.2. The molecule has 1 saturated carbocycles. The maximum absolute atomic E-state index is 12.6. The van der Waals surface area contributed by atoms with Crippen molar-refractivity contribution in [2.45, 2.75) is 71.3 Å². The molecule has 1 heterocycles. The molecule has 0 bridgehead atoms. The maximum atomic E-state index is 12.6. The van der Waals surface area contributed by atoms with E-state index in [2.05, 4.69) is 53.7 Å². The van der Waals surface area contributed by atoms with Crippen LogP contribution in [0.15, 0.2) is 12.1 Å². The summed E-state index contributed by atoms with van der Waals surface area (Å²) in [4.78, 5) is 25.7. The second kappa shape index (κ2) is 4.93. The molecule has 1 aromatic rings. The summed E-state index contributed by atoms with van der Waals surface area (Å²) in [7, 11) is 0. The van der Waals surface area contributed by atoms with Gasteiger partial charge in [0.15, 0.2) is 0 Å². The molecular weight excluding hydrogens is 286 g/mol. The van der Waals surface area contributed by atoms with Gasteiger partial charge in [-0.3, -0.25) is 4.79 Å². The van der Waals surface area contributed by atoms with Crippen molar-refractivity contribution in [2.24, 2.45) is 5.92 Å². The van der Waals surface area contributed by atoms with E-state index in [4.69, 9.17) is 0 Å². The number of carbonyl (C=O) groups excluding carboxylic acids is 2. The van der Waals surface area contributed by atoms with Crippen LogP contribution in [0.3, 0.4) is 0 Å². The van der Waals surface area contributed by atoms with E-state index in [1.807, 2.05) is 4.90 Å². The molecule has 3 heteroatoms. The fraction of sp³-hybridized carbons (Fsp3) is 0.600. The lowest BCUT2D eigenvalue weighted by Crippen LogP contribution is -2.45. The first kappa shape index (κ1) is 16.2. The van der Waals surface area contributed by atoms with Crippen LogP contribution in [0.4, 0.5) is 5.69 Å². The minimum absolute atomic E-state index is 0.0267. The van der Waals surface area contributed by atoms with Crippen molar-refractivity contribution in [1.29, 1.82) is 0 Å². The zero-order valence-electron chi connectivity index (χ0n) is 15.1. The molecule has 3 nitrogen and oxygen atoms in total. The molecule has 0 N–H and O–H groups in total. The van der Waals surface area contributed by atoms with Crippen LogP contribution < -0.4 is 4.90 Å². The van der Waals surface area contributed by atoms with Crippen LogP contribution in [0.25, 0.3) is 0 Å². The van der Waals surface area contributed by atoms with Crippen LogP contribution in [0.2, 0.25) is 0 Å². The first-order chi connectivity index (χ1) is 10.6. The lowest BCUT2D eigenvalue weighted by Gasteiger charge is -2.41. The number of hydrogen-bond donors (Lipinski definition) is 0. The highest BCUT2D eigenvalue weighted by Gasteiger charge is 2.52. The molecule has 2 atom stereocenters. The van der Waals surface area contributed by atoms with Crippen molar-refractivity contribution >= 4 is 17.9 Å². The number of benzene rings is 1. The molecule has 23 heavy (non-hydrogen) atoms. The number of nitrogens with zero attached hydrogens (tertiary/aromatic N) is 1. The number of aldehydes is 1. The summed E-state index contributed by atoms with van der Waals surface area (Å²) in [6.07, 6.45) is 2.56. The van der Waals surface area contributed by atoms with Crippen molar-refractivity contribution in [3.05, 3.63) is 28.8 Å². The Hall–Kier alpha value is -1.64. The molecule has 3 rings (SSSR count). The Bertz CT molecular complexity index is 689. The Balaban J connectivity index is 2.18. The second-order valence-corrected chi connectivity index (χ2v) is 8.47. The largest absolute Gasteiger partial charge is 0.310 e. The van der Waals surface area contributed by atoms with E-state index in [1.54, 1.807) is 0 Å². The predicted octanol–water partition coefficient (Wildman–Crippen LogP) is 3.89. The van der Waals surface area contributed by atoms with Gasteiger partial charge in [-0.15, -0.1) is 0 Å². The summed E-state index contributed by atoms with van der Waals surface area (Å²) in [6, 6.07) is 4.59. The third kappa shape index (κ3) is 2.32. The molecule has 0 aromatic heterocycles. The number of anilines is 1. The van der Waals surface area contributed by atoms with Gasteiger partial charge in [0.25, 0.3) is 0 Å². The third-order valence-corrected chi connectivity index (χ3v) is 5.79. The van der Waals surface area contributed by atoms with Gasteiger partial charge >= 0.3 is 0 Å². The molecule has 0 radical (unpaired) electrons. The van der Waals surface area contributed by atoms with E-state index in [-0.39, 0.29) is 28.7 Å². The monoisotopic (exact) mass is 313 g/mol. The van der Waals surface area contributed by atoms with E-state index in [0.29, 0.717) is 6.42 Å². The molecule has 1 unspecified atom stereocenters. The molecule has 0 spiro atoms. The van der Waals surface area contributed by atoms with Gasteiger partial charge in [-0.25, -0.2) is 0 Å². The van der Waals surface area contributed by atoms with Crippen molar-refractivity contribution in [3.8, 4) is 0 Å². The van der Waals surface area contributed by atoms with Crippen LogP contribution in [0, 0.1) is 12.8 Å². The van der Waals surface area contributed by atoms with Crippen molar-refractivity contribution in [3.63, 3.8) is 0 Å². The molecule has 1 aromatic carbocycles. The predicted molar refractivity (Wildman–Crippen MR) is 93.0 cm³/mol. The Morgan fingerprint density at radius 3 is 2.39 bits per heavy atom. The zero-order valence-corrected chi connectivity index (χ0v) is 15.1. The fourth-order valence-corrected chi connectivity index (χ4v) is 4.21. The van der Waals surface area contributed by atoms with Crippen LogP contribution in [0.1, 0.15) is 64.2 Å². The average Bonchev–Trinajstić information content (AvgIpc) is 3.08. The van der Waals surface area contributed by atoms with E-state index in [9.17, 15) is 9.59 Å². The number of carbonyl (C=O) groups is 2. The summed E-state index contributed by atoms with van der Waals surface area (Å²) in [5.41, 5.74) is 4.56. The van der Waals surface area contributed by atoms with E-state index >= 15 is 0 Å². The van der Waals surface area contributed by atoms with Gasteiger partial charge in [0, 0.05) is 34.9 Å². The van der Waals surface area contributed by atoms with Crippen molar-refractivity contribution in [2.75, 3.05) is 4.90 Å². The standard InChI is InChI=1S/C20H27NO2/c1-12(2)21-17-7-13(3)15(20(6)9-14(20)11-22)8-16(17)19(4,5)10-18(21)23/h7-8,11-12,14H,9-10H2,1-6H3/t14?,20-/m0/s1. The topological polar surface area (TPSA) is 37.4 Å². The summed E-state index contributed by atoms with van der Waals surface area (Å²) >= 11 is 0. The normalized spacial score (nSPS) is 28.7. The molecule has 1 aliphatic carbocycles. The molecule has 124 valence electrons. The maximum Gasteiger partial charge on any atom is 0.228 e. The Morgan fingerprint density at radius 2 is 1.87 bits per heavy atom. The van der Waals surface area contributed by atoms with Gasteiger partial charge in [-0.2, -0.15) is 0 Å². The highest BCUT2D eigenvalue weighted by atomic mass is 16.2. The number of fused-ring (bicyclic) bond motifs is 1. The SMILES string of the molecule is Cc1cc2c(cc1[C@@]1(C)CC1C=O)C(C)(C)CC(=O)N2C(C)C. The van der Waals surface area contributed by atoms with Gasteiger partial charge in [-0.05, 0) is 49.9 Å². The summed E-state index contributed by atoms with van der Waals surface area (Å²) in [6.45, 7) is 12.7. The average molecular weight is 313 g/mol. The minimum atomic E-state index is -0.165. The quantitative estimate of drug-likeness (QED) is 0.794. The number of amides is 1. The van der Waals surface area contributed by atoms with Crippen LogP contribution in [0.5, 0.6) is 0 Å². The van der Waals surface area contributed by atoms with Crippen molar-refractivity contribution in [1.82, 2.24) is 0 Å². The third-order valence-electron chi connectivity index (χ3n) is 5.79. The molecule has 0 saturated heterocycles. The van der Waals surface area contributed by atoms with E-state index < -0.39 is 0 Å². The van der Waals surface area contributed by atoms with Gasteiger partial charge in [-0.1, -0.05) is 26.8 Å². The van der Waals surface area contributed by atoms with Crippen LogP contribution in [-0.2, 0) is 20.4 Å². The van der Waals surface area contributed by atoms with E-state index in [1.165, 1.54) is 16.7 Å².